The zero-order valence-corrected chi connectivity index (χ0v) is 12.7. The molecular weight excluding hydrogens is 266 g/mol. The number of likely N-dealkylation sites (N-methyl/N-ethyl adjacent to an activating group) is 1. The molecular formula is C12H19N3OS2. The number of amides is 1. The number of nitrogens with zero attached hydrogens (tertiary/aromatic N) is 3. The minimum absolute atomic E-state index is 0.238. The summed E-state index contributed by atoms with van der Waals surface area (Å²) in [6, 6.07) is 0. The summed E-state index contributed by atoms with van der Waals surface area (Å²) in [6.45, 7) is 5.64. The number of thioether (sulfide) groups is 1. The highest BCUT2D eigenvalue weighted by Crippen LogP contribution is 2.26. The van der Waals surface area contributed by atoms with Crippen molar-refractivity contribution in [3.63, 3.8) is 0 Å². The van der Waals surface area contributed by atoms with E-state index in [1.807, 2.05) is 18.1 Å². The fraction of sp³-hybridized carbons (Fsp3) is 0.667. The molecule has 1 saturated heterocycles. The van der Waals surface area contributed by atoms with E-state index < -0.39 is 0 Å². The first kappa shape index (κ1) is 13.8. The van der Waals surface area contributed by atoms with Crippen molar-refractivity contribution in [1.82, 2.24) is 14.8 Å². The largest absolute Gasteiger partial charge is 0.340 e. The van der Waals surface area contributed by atoms with Gasteiger partial charge in [0.1, 0.15) is 4.34 Å². The Hall–Kier alpha value is -0.590. The van der Waals surface area contributed by atoms with Crippen molar-refractivity contribution in [2.45, 2.75) is 17.7 Å². The molecule has 0 saturated carbocycles. The third-order valence-corrected chi connectivity index (χ3v) is 5.36. The van der Waals surface area contributed by atoms with Gasteiger partial charge < -0.3 is 9.80 Å². The van der Waals surface area contributed by atoms with Crippen LogP contribution in [0.15, 0.2) is 4.34 Å². The second-order valence-electron chi connectivity index (χ2n) is 4.55. The number of aryl methyl sites for hydroxylation is 1. The lowest BCUT2D eigenvalue weighted by atomic mass is 10.2. The van der Waals surface area contributed by atoms with Gasteiger partial charge in [-0.25, -0.2) is 4.98 Å². The van der Waals surface area contributed by atoms with Crippen LogP contribution in [-0.2, 0) is 11.2 Å². The third kappa shape index (κ3) is 3.24. The molecule has 2 heterocycles. The Kier molecular flexibility index (Phi) is 4.64. The average molecular weight is 285 g/mol. The van der Waals surface area contributed by atoms with Gasteiger partial charge in [0.05, 0.1) is 12.1 Å². The van der Waals surface area contributed by atoms with Gasteiger partial charge in [-0.2, -0.15) is 0 Å². The van der Waals surface area contributed by atoms with E-state index in [0.717, 1.165) is 41.1 Å². The van der Waals surface area contributed by atoms with E-state index in [4.69, 9.17) is 0 Å². The van der Waals surface area contributed by atoms with Crippen molar-refractivity contribution in [3.8, 4) is 0 Å². The lowest BCUT2D eigenvalue weighted by Crippen LogP contribution is -2.47. The molecule has 100 valence electrons. The molecule has 1 aromatic heterocycles. The second-order valence-corrected chi connectivity index (χ2v) is 6.69. The van der Waals surface area contributed by atoms with Gasteiger partial charge in [0.15, 0.2) is 0 Å². The summed E-state index contributed by atoms with van der Waals surface area (Å²) in [6.07, 6.45) is 2.53. The summed E-state index contributed by atoms with van der Waals surface area (Å²) in [5, 5.41) is 0. The maximum absolute atomic E-state index is 12.2. The van der Waals surface area contributed by atoms with E-state index in [1.165, 1.54) is 0 Å². The molecule has 1 fully saturated rings. The molecule has 4 nitrogen and oxygen atoms in total. The van der Waals surface area contributed by atoms with Crippen molar-refractivity contribution in [2.75, 3.05) is 39.5 Å². The maximum atomic E-state index is 12.2. The molecule has 1 aliphatic heterocycles. The van der Waals surface area contributed by atoms with E-state index in [0.29, 0.717) is 6.42 Å². The third-order valence-electron chi connectivity index (χ3n) is 3.22. The smallest absolute Gasteiger partial charge is 0.227 e. The quantitative estimate of drug-likeness (QED) is 0.789. The number of hydrogen-bond donors (Lipinski definition) is 0. The van der Waals surface area contributed by atoms with Crippen LogP contribution in [0.1, 0.15) is 10.6 Å². The standard InChI is InChI=1S/C12H19N3OS2/c1-9-10(18-12(13-9)17-3)8-11(16)15-6-4-14(2)5-7-15/h4-8H2,1-3H3. The number of hydrogen-bond acceptors (Lipinski definition) is 5. The molecule has 0 aliphatic carbocycles. The van der Waals surface area contributed by atoms with Gasteiger partial charge in [0.2, 0.25) is 5.91 Å². The Morgan fingerprint density at radius 1 is 1.39 bits per heavy atom. The van der Waals surface area contributed by atoms with E-state index >= 15 is 0 Å². The van der Waals surface area contributed by atoms with Gasteiger partial charge in [0.25, 0.3) is 0 Å². The van der Waals surface area contributed by atoms with Crippen LogP contribution in [0, 0.1) is 6.92 Å². The Balaban J connectivity index is 1.96. The minimum Gasteiger partial charge on any atom is -0.340 e. The summed E-state index contributed by atoms with van der Waals surface area (Å²) < 4.78 is 1.05. The first-order valence-corrected chi connectivity index (χ1v) is 8.11. The van der Waals surface area contributed by atoms with Gasteiger partial charge in [-0.3, -0.25) is 4.79 Å². The van der Waals surface area contributed by atoms with Crippen molar-refractivity contribution < 1.29 is 4.79 Å². The Bertz CT molecular complexity index is 425. The molecule has 6 heteroatoms. The van der Waals surface area contributed by atoms with Crippen LogP contribution in [0.25, 0.3) is 0 Å². The normalized spacial score (nSPS) is 17.2. The molecule has 2 rings (SSSR count). The van der Waals surface area contributed by atoms with Gasteiger partial charge in [-0.1, -0.05) is 11.8 Å². The Labute approximate surface area is 116 Å². The van der Waals surface area contributed by atoms with E-state index in [9.17, 15) is 4.79 Å². The first-order chi connectivity index (χ1) is 8.60. The Morgan fingerprint density at radius 3 is 2.61 bits per heavy atom. The zero-order chi connectivity index (χ0) is 13.1. The molecule has 0 aromatic carbocycles. The molecule has 1 aromatic rings. The van der Waals surface area contributed by atoms with Crippen LogP contribution in [0.5, 0.6) is 0 Å². The second kappa shape index (κ2) is 6.04. The molecule has 0 spiro atoms. The number of carbonyl (C=O) groups is 1. The molecule has 0 radical (unpaired) electrons. The fourth-order valence-electron chi connectivity index (χ4n) is 1.96. The number of aromatic nitrogens is 1. The fourth-order valence-corrected chi connectivity index (χ4v) is 3.60. The SMILES string of the molecule is CSc1nc(C)c(CC(=O)N2CCN(C)CC2)s1. The van der Waals surface area contributed by atoms with Crippen LogP contribution in [0.2, 0.25) is 0 Å². The first-order valence-electron chi connectivity index (χ1n) is 6.06. The van der Waals surface area contributed by atoms with Crippen molar-refractivity contribution >= 4 is 29.0 Å². The number of rotatable bonds is 3. The highest BCUT2D eigenvalue weighted by atomic mass is 32.2. The minimum atomic E-state index is 0.238. The lowest BCUT2D eigenvalue weighted by molar-refractivity contribution is -0.131. The lowest BCUT2D eigenvalue weighted by Gasteiger charge is -2.32. The van der Waals surface area contributed by atoms with Crippen molar-refractivity contribution in [3.05, 3.63) is 10.6 Å². The Morgan fingerprint density at radius 2 is 2.06 bits per heavy atom. The zero-order valence-electron chi connectivity index (χ0n) is 11.1. The summed E-state index contributed by atoms with van der Waals surface area (Å²) in [7, 11) is 2.10. The number of thiazole rings is 1. The molecule has 0 N–H and O–H groups in total. The maximum Gasteiger partial charge on any atom is 0.227 e. The highest BCUT2D eigenvalue weighted by Gasteiger charge is 2.20. The predicted molar refractivity (Wildman–Crippen MR) is 76.4 cm³/mol. The summed E-state index contributed by atoms with van der Waals surface area (Å²) in [4.78, 5) is 22.0. The highest BCUT2D eigenvalue weighted by molar-refractivity contribution is 8.00. The summed E-state index contributed by atoms with van der Waals surface area (Å²) >= 11 is 3.29. The monoisotopic (exact) mass is 285 g/mol. The average Bonchev–Trinajstić information content (AvgIpc) is 2.71. The van der Waals surface area contributed by atoms with Crippen molar-refractivity contribution in [1.29, 1.82) is 0 Å². The van der Waals surface area contributed by atoms with E-state index in [-0.39, 0.29) is 5.91 Å². The van der Waals surface area contributed by atoms with Crippen LogP contribution in [0.4, 0.5) is 0 Å². The van der Waals surface area contributed by atoms with Gasteiger partial charge in [0, 0.05) is 31.1 Å². The van der Waals surface area contributed by atoms with Gasteiger partial charge in [-0.15, -0.1) is 11.3 Å². The van der Waals surface area contributed by atoms with Crippen LogP contribution >= 0.6 is 23.1 Å². The molecule has 1 amide bonds. The number of piperazine rings is 1. The predicted octanol–water partition coefficient (Wildman–Crippen LogP) is 1.49. The van der Waals surface area contributed by atoms with E-state index in [1.54, 1.807) is 23.1 Å². The van der Waals surface area contributed by atoms with Crippen molar-refractivity contribution in [2.24, 2.45) is 0 Å². The molecule has 0 bridgehead atoms. The molecule has 18 heavy (non-hydrogen) atoms. The van der Waals surface area contributed by atoms with Gasteiger partial charge >= 0.3 is 0 Å². The molecule has 0 atom stereocenters. The molecule has 0 unspecified atom stereocenters. The van der Waals surface area contributed by atoms with Crippen LogP contribution in [-0.4, -0.2) is 60.2 Å². The topological polar surface area (TPSA) is 36.4 Å². The summed E-state index contributed by atoms with van der Waals surface area (Å²) in [5.41, 5.74) is 1.01. The van der Waals surface area contributed by atoms with Gasteiger partial charge in [-0.05, 0) is 20.2 Å². The van der Waals surface area contributed by atoms with E-state index in [2.05, 4.69) is 16.9 Å². The molecule has 1 aliphatic rings. The summed E-state index contributed by atoms with van der Waals surface area (Å²) in [5.74, 6) is 0.238. The van der Waals surface area contributed by atoms with Crippen LogP contribution < -0.4 is 0 Å². The van der Waals surface area contributed by atoms with Crippen LogP contribution in [0.3, 0.4) is 0 Å². The number of carbonyl (C=O) groups excluding carboxylic acids is 1.